The molecule has 1 atom stereocenters. The quantitative estimate of drug-likeness (QED) is 0.844. The fourth-order valence-electron chi connectivity index (χ4n) is 1.94. The van der Waals surface area contributed by atoms with E-state index in [0.717, 1.165) is 22.2 Å². The molecule has 1 saturated heterocycles. The Morgan fingerprint density at radius 2 is 2.21 bits per heavy atom. The van der Waals surface area contributed by atoms with Gasteiger partial charge >= 0.3 is 5.97 Å². The number of carboxylic acids is 1. The molecule has 0 aliphatic carbocycles. The van der Waals surface area contributed by atoms with Crippen molar-refractivity contribution in [2.24, 2.45) is 0 Å². The second kappa shape index (κ2) is 5.44. The summed E-state index contributed by atoms with van der Waals surface area (Å²) in [6.07, 6.45) is 0.0602. The van der Waals surface area contributed by atoms with Crippen LogP contribution in [0.25, 0.3) is 0 Å². The summed E-state index contributed by atoms with van der Waals surface area (Å²) in [4.78, 5) is 35.7. The zero-order valence-electron chi connectivity index (χ0n) is 10.3. The van der Waals surface area contributed by atoms with Crippen LogP contribution in [0.5, 0.6) is 0 Å². The predicted molar refractivity (Wildman–Crippen MR) is 72.2 cm³/mol. The number of aryl methyl sites for hydroxylation is 1. The molecule has 5 nitrogen and oxygen atoms in total. The summed E-state index contributed by atoms with van der Waals surface area (Å²) < 4.78 is 0. The number of benzene rings is 1. The van der Waals surface area contributed by atoms with Crippen LogP contribution in [0.4, 0.5) is 5.69 Å². The number of amides is 2. The molecule has 0 saturated carbocycles. The molecular weight excluding hydrogens is 266 g/mol. The van der Waals surface area contributed by atoms with E-state index in [4.69, 9.17) is 5.11 Å². The third-order valence-electron chi connectivity index (χ3n) is 2.77. The fraction of sp³-hybridized carbons (Fsp3) is 0.308. The Morgan fingerprint density at radius 3 is 2.84 bits per heavy atom. The van der Waals surface area contributed by atoms with Crippen molar-refractivity contribution >= 4 is 35.2 Å². The van der Waals surface area contributed by atoms with Crippen LogP contribution in [-0.2, 0) is 14.4 Å². The number of imide groups is 1. The number of aliphatic carboxylic acids is 1. The number of rotatable bonds is 4. The summed E-state index contributed by atoms with van der Waals surface area (Å²) >= 11 is 0.995. The topological polar surface area (TPSA) is 74.7 Å². The molecule has 0 unspecified atom stereocenters. The zero-order valence-corrected chi connectivity index (χ0v) is 11.1. The van der Waals surface area contributed by atoms with Gasteiger partial charge in [0.05, 0.1) is 16.7 Å². The first-order valence-corrected chi connectivity index (χ1v) is 6.81. The number of nitrogens with zero attached hydrogens (tertiary/aromatic N) is 1. The minimum Gasteiger partial charge on any atom is -0.481 e. The van der Waals surface area contributed by atoms with Gasteiger partial charge in [-0.1, -0.05) is 12.1 Å². The lowest BCUT2D eigenvalue weighted by molar-refractivity contribution is -0.134. The molecule has 0 bridgehead atoms. The molecule has 1 aliphatic heterocycles. The number of anilines is 1. The van der Waals surface area contributed by atoms with Gasteiger partial charge in [-0.3, -0.25) is 14.4 Å². The van der Waals surface area contributed by atoms with E-state index in [2.05, 4.69) is 0 Å². The van der Waals surface area contributed by atoms with Crippen LogP contribution in [0, 0.1) is 6.92 Å². The zero-order chi connectivity index (χ0) is 14.0. The second-order valence-electron chi connectivity index (χ2n) is 4.30. The molecule has 1 heterocycles. The van der Waals surface area contributed by atoms with Crippen LogP contribution >= 0.6 is 11.8 Å². The molecule has 2 amide bonds. The van der Waals surface area contributed by atoms with Crippen molar-refractivity contribution in [3.05, 3.63) is 29.8 Å². The molecule has 2 rings (SSSR count). The molecule has 0 spiro atoms. The van der Waals surface area contributed by atoms with Crippen molar-refractivity contribution in [3.8, 4) is 0 Å². The number of carbonyl (C=O) groups is 3. The fourth-order valence-corrected chi connectivity index (χ4v) is 2.80. The third kappa shape index (κ3) is 2.96. The molecule has 1 aromatic rings. The number of thioether (sulfide) groups is 1. The first kappa shape index (κ1) is 13.6. The highest BCUT2D eigenvalue weighted by Gasteiger charge is 2.39. The lowest BCUT2D eigenvalue weighted by Crippen LogP contribution is -2.31. The highest BCUT2D eigenvalue weighted by atomic mass is 32.2. The lowest BCUT2D eigenvalue weighted by atomic mass is 10.2. The molecule has 1 fully saturated rings. The van der Waals surface area contributed by atoms with Gasteiger partial charge in [0.15, 0.2) is 0 Å². The van der Waals surface area contributed by atoms with E-state index in [-0.39, 0.29) is 24.0 Å². The summed E-state index contributed by atoms with van der Waals surface area (Å²) in [6, 6.07) is 7.13. The van der Waals surface area contributed by atoms with E-state index >= 15 is 0 Å². The van der Waals surface area contributed by atoms with Gasteiger partial charge in [-0.25, -0.2) is 4.90 Å². The maximum atomic E-state index is 12.1. The number of hydrogen-bond donors (Lipinski definition) is 1. The number of hydrogen-bond acceptors (Lipinski definition) is 4. The molecule has 1 N–H and O–H groups in total. The summed E-state index contributed by atoms with van der Waals surface area (Å²) in [7, 11) is 0. The average Bonchev–Trinajstić information content (AvgIpc) is 2.62. The van der Waals surface area contributed by atoms with Gasteiger partial charge in [0.1, 0.15) is 0 Å². The summed E-state index contributed by atoms with van der Waals surface area (Å²) in [5.41, 5.74) is 1.51. The van der Waals surface area contributed by atoms with Gasteiger partial charge < -0.3 is 5.11 Å². The van der Waals surface area contributed by atoms with Crippen molar-refractivity contribution < 1.29 is 19.5 Å². The first-order chi connectivity index (χ1) is 8.99. The Morgan fingerprint density at radius 1 is 1.47 bits per heavy atom. The predicted octanol–water partition coefficient (Wildman–Crippen LogP) is 1.44. The van der Waals surface area contributed by atoms with Crippen molar-refractivity contribution in [3.63, 3.8) is 0 Å². The Kier molecular flexibility index (Phi) is 3.90. The summed E-state index contributed by atoms with van der Waals surface area (Å²) in [5, 5.41) is 8.02. The van der Waals surface area contributed by atoms with Crippen molar-refractivity contribution in [1.29, 1.82) is 0 Å². The van der Waals surface area contributed by atoms with E-state index in [1.807, 2.05) is 13.0 Å². The largest absolute Gasteiger partial charge is 0.481 e. The highest BCUT2D eigenvalue weighted by Crippen LogP contribution is 2.29. The molecule has 6 heteroatoms. The van der Waals surface area contributed by atoms with E-state index in [1.54, 1.807) is 18.2 Å². The van der Waals surface area contributed by atoms with Crippen LogP contribution in [0.1, 0.15) is 12.0 Å². The number of carboxylic acid groups (broad SMARTS) is 1. The lowest BCUT2D eigenvalue weighted by Gasteiger charge is -2.15. The van der Waals surface area contributed by atoms with Gasteiger partial charge in [0.25, 0.3) is 0 Å². The SMILES string of the molecule is Cc1cccc(N2C(=O)C[C@H](SCC(=O)O)C2=O)c1. The van der Waals surface area contributed by atoms with Gasteiger partial charge in [0.2, 0.25) is 11.8 Å². The second-order valence-corrected chi connectivity index (χ2v) is 5.49. The number of carbonyl (C=O) groups excluding carboxylic acids is 2. The Labute approximate surface area is 114 Å². The van der Waals surface area contributed by atoms with Crippen LogP contribution < -0.4 is 4.90 Å². The smallest absolute Gasteiger partial charge is 0.313 e. The van der Waals surface area contributed by atoms with Gasteiger partial charge in [0, 0.05) is 6.42 Å². The van der Waals surface area contributed by atoms with E-state index in [0.29, 0.717) is 5.69 Å². The van der Waals surface area contributed by atoms with Crippen LogP contribution in [0.2, 0.25) is 0 Å². The van der Waals surface area contributed by atoms with Crippen LogP contribution in [-0.4, -0.2) is 33.9 Å². The van der Waals surface area contributed by atoms with E-state index in [1.165, 1.54) is 0 Å². The van der Waals surface area contributed by atoms with Crippen molar-refractivity contribution in [1.82, 2.24) is 0 Å². The van der Waals surface area contributed by atoms with Crippen molar-refractivity contribution in [2.45, 2.75) is 18.6 Å². The Balaban J connectivity index is 2.17. The maximum Gasteiger partial charge on any atom is 0.313 e. The van der Waals surface area contributed by atoms with Crippen molar-refractivity contribution in [2.75, 3.05) is 10.7 Å². The van der Waals surface area contributed by atoms with E-state index < -0.39 is 11.2 Å². The molecule has 0 aromatic heterocycles. The van der Waals surface area contributed by atoms with Gasteiger partial charge in [-0.15, -0.1) is 11.8 Å². The molecular formula is C13H13NO4S. The minimum absolute atomic E-state index is 0.0602. The Bertz CT molecular complexity index is 543. The first-order valence-electron chi connectivity index (χ1n) is 5.76. The highest BCUT2D eigenvalue weighted by molar-refractivity contribution is 8.01. The minimum atomic E-state index is -0.987. The molecule has 1 aromatic carbocycles. The average molecular weight is 279 g/mol. The van der Waals surface area contributed by atoms with Crippen LogP contribution in [0.3, 0.4) is 0 Å². The standard InChI is InChI=1S/C13H13NO4S/c1-8-3-2-4-9(5-8)14-11(15)6-10(13(14)18)19-7-12(16)17/h2-5,10H,6-7H2,1H3,(H,16,17)/t10-/m0/s1. The van der Waals surface area contributed by atoms with Gasteiger partial charge in [-0.05, 0) is 24.6 Å². The normalized spacial score (nSPS) is 19.0. The van der Waals surface area contributed by atoms with E-state index in [9.17, 15) is 14.4 Å². The molecule has 19 heavy (non-hydrogen) atoms. The molecule has 0 radical (unpaired) electrons. The maximum absolute atomic E-state index is 12.1. The van der Waals surface area contributed by atoms with Crippen LogP contribution in [0.15, 0.2) is 24.3 Å². The van der Waals surface area contributed by atoms with Gasteiger partial charge in [-0.2, -0.15) is 0 Å². The third-order valence-corrected chi connectivity index (χ3v) is 3.96. The summed E-state index contributed by atoms with van der Waals surface area (Å²) in [5.74, 6) is -1.77. The molecule has 100 valence electrons. The molecule has 1 aliphatic rings. The summed E-state index contributed by atoms with van der Waals surface area (Å²) in [6.45, 7) is 1.88. The Hall–Kier alpha value is -1.82. The monoisotopic (exact) mass is 279 g/mol.